The standard InChI is InChI=1S/C63H72N6/c1-58(2,3)37-31-43-40-25-19-22-28-49(40)67(52(43)46(34-37)61(10,11)12)55-64-56(68-50-29-23-20-26-41(50)44-32-38(59(4,5)6)35-47(53(44)68)62(13,14)15)66-57(65-55)69-51-30-24-21-27-42(51)45-33-39(60(7,8)9)36-48(54(45)69)63(16,17)18/h19-36H,1-18H3. The minimum absolute atomic E-state index is 0.0623. The van der Waals surface area contributed by atoms with Gasteiger partial charge in [0.1, 0.15) is 0 Å². The van der Waals surface area contributed by atoms with E-state index in [0.717, 1.165) is 33.1 Å². The summed E-state index contributed by atoms with van der Waals surface area (Å²) in [4.78, 5) is 17.4. The molecule has 6 aromatic carbocycles. The number of aromatic nitrogens is 6. The normalized spacial score (nSPS) is 13.7. The average molecular weight is 913 g/mol. The number of benzene rings is 6. The van der Waals surface area contributed by atoms with Crippen LogP contribution >= 0.6 is 0 Å². The van der Waals surface area contributed by atoms with Crippen molar-refractivity contribution in [2.24, 2.45) is 0 Å². The lowest BCUT2D eigenvalue weighted by Gasteiger charge is -2.27. The number of hydrogen-bond donors (Lipinski definition) is 0. The molecule has 0 saturated heterocycles. The molecule has 10 rings (SSSR count). The molecule has 0 radical (unpaired) electrons. The second kappa shape index (κ2) is 15.1. The molecule has 0 atom stereocenters. The van der Waals surface area contributed by atoms with Crippen LogP contribution < -0.4 is 0 Å². The molecule has 354 valence electrons. The van der Waals surface area contributed by atoms with Crippen molar-refractivity contribution in [2.75, 3.05) is 0 Å². The van der Waals surface area contributed by atoms with E-state index in [4.69, 9.17) is 15.0 Å². The monoisotopic (exact) mass is 913 g/mol. The van der Waals surface area contributed by atoms with Crippen LogP contribution in [0, 0.1) is 0 Å². The molecule has 69 heavy (non-hydrogen) atoms. The van der Waals surface area contributed by atoms with Crippen molar-refractivity contribution in [3.05, 3.63) is 143 Å². The Hall–Kier alpha value is -6.27. The minimum atomic E-state index is -0.206. The largest absolute Gasteiger partial charge is 0.277 e. The first-order chi connectivity index (χ1) is 32.0. The van der Waals surface area contributed by atoms with Gasteiger partial charge in [-0.1, -0.05) is 197 Å². The van der Waals surface area contributed by atoms with E-state index < -0.39 is 0 Å². The third-order valence-electron chi connectivity index (χ3n) is 14.5. The Morgan fingerprint density at radius 2 is 0.507 bits per heavy atom. The number of nitrogens with zero attached hydrogens (tertiary/aromatic N) is 6. The highest BCUT2D eigenvalue weighted by atomic mass is 15.3. The molecule has 0 aliphatic rings. The summed E-state index contributed by atoms with van der Waals surface area (Å²) in [5.74, 6) is 1.75. The third kappa shape index (κ3) is 7.56. The van der Waals surface area contributed by atoms with Gasteiger partial charge < -0.3 is 0 Å². The lowest BCUT2D eigenvalue weighted by molar-refractivity contribution is 0.571. The fourth-order valence-corrected chi connectivity index (χ4v) is 10.6. The first kappa shape index (κ1) is 46.5. The Morgan fingerprint density at radius 3 is 0.725 bits per heavy atom. The van der Waals surface area contributed by atoms with E-state index >= 15 is 0 Å². The molecule has 0 amide bonds. The summed E-state index contributed by atoms with van der Waals surface area (Å²) in [6, 6.07) is 41.0. The number of para-hydroxylation sites is 3. The molecular formula is C63H72N6. The second-order valence-corrected chi connectivity index (χ2v) is 26.1. The Bertz CT molecular complexity index is 3310. The maximum atomic E-state index is 5.79. The van der Waals surface area contributed by atoms with Gasteiger partial charge in [0.25, 0.3) is 0 Å². The maximum absolute atomic E-state index is 5.79. The van der Waals surface area contributed by atoms with Crippen molar-refractivity contribution in [1.82, 2.24) is 28.7 Å². The van der Waals surface area contributed by atoms with Crippen LogP contribution in [0.2, 0.25) is 0 Å². The number of fused-ring (bicyclic) bond motifs is 9. The van der Waals surface area contributed by atoms with E-state index in [1.54, 1.807) is 0 Å². The summed E-state index contributed by atoms with van der Waals surface area (Å²) in [5.41, 5.74) is 13.5. The Morgan fingerprint density at radius 1 is 0.275 bits per heavy atom. The molecule has 0 aliphatic heterocycles. The van der Waals surface area contributed by atoms with E-state index in [0.29, 0.717) is 17.8 Å². The second-order valence-electron chi connectivity index (χ2n) is 26.1. The summed E-state index contributed by atoms with van der Waals surface area (Å²) in [6.07, 6.45) is 0. The van der Waals surface area contributed by atoms with Gasteiger partial charge in [-0.15, -0.1) is 0 Å². The molecule has 0 aliphatic carbocycles. The van der Waals surface area contributed by atoms with Crippen molar-refractivity contribution in [3.63, 3.8) is 0 Å². The van der Waals surface area contributed by atoms with Gasteiger partial charge in [0.05, 0.1) is 33.1 Å². The van der Waals surface area contributed by atoms with Gasteiger partial charge in [-0.25, -0.2) is 0 Å². The van der Waals surface area contributed by atoms with Gasteiger partial charge in [0.2, 0.25) is 17.8 Å². The van der Waals surface area contributed by atoms with Crippen LogP contribution in [0.1, 0.15) is 158 Å². The predicted molar refractivity (Wildman–Crippen MR) is 295 cm³/mol. The van der Waals surface area contributed by atoms with Gasteiger partial charge in [0.15, 0.2) is 0 Å². The Kier molecular flexibility index (Phi) is 10.2. The fourth-order valence-electron chi connectivity index (χ4n) is 10.6. The van der Waals surface area contributed by atoms with E-state index in [-0.39, 0.29) is 32.5 Å². The Labute approximate surface area is 409 Å². The lowest BCUT2D eigenvalue weighted by atomic mass is 9.79. The van der Waals surface area contributed by atoms with E-state index in [1.807, 2.05) is 0 Å². The van der Waals surface area contributed by atoms with Crippen molar-refractivity contribution in [3.8, 4) is 17.8 Å². The van der Waals surface area contributed by atoms with Crippen molar-refractivity contribution >= 4 is 65.4 Å². The molecule has 0 spiro atoms. The number of hydrogen-bond acceptors (Lipinski definition) is 3. The van der Waals surface area contributed by atoms with Crippen LogP contribution in [0.15, 0.2) is 109 Å². The minimum Gasteiger partial charge on any atom is -0.277 e. The first-order valence-electron chi connectivity index (χ1n) is 25.1. The highest BCUT2D eigenvalue weighted by Gasteiger charge is 2.33. The van der Waals surface area contributed by atoms with Gasteiger partial charge in [-0.3, -0.25) is 13.7 Å². The topological polar surface area (TPSA) is 53.5 Å². The summed E-state index contributed by atoms with van der Waals surface area (Å²) in [7, 11) is 0. The van der Waals surface area contributed by atoms with Crippen LogP contribution in [0.4, 0.5) is 0 Å². The van der Waals surface area contributed by atoms with Gasteiger partial charge in [0, 0.05) is 32.3 Å². The molecule has 10 aromatic rings. The zero-order chi connectivity index (χ0) is 49.7. The first-order valence-corrected chi connectivity index (χ1v) is 25.1. The van der Waals surface area contributed by atoms with Crippen molar-refractivity contribution in [1.29, 1.82) is 0 Å². The van der Waals surface area contributed by atoms with E-state index in [1.165, 1.54) is 65.7 Å². The zero-order valence-electron chi connectivity index (χ0n) is 44.6. The summed E-state index contributed by atoms with van der Waals surface area (Å²) < 4.78 is 7.04. The van der Waals surface area contributed by atoms with Crippen LogP contribution in [0.25, 0.3) is 83.3 Å². The van der Waals surface area contributed by atoms with Crippen LogP contribution in [0.3, 0.4) is 0 Å². The molecule has 0 fully saturated rings. The molecule has 6 nitrogen and oxygen atoms in total. The molecule has 0 bridgehead atoms. The van der Waals surface area contributed by atoms with Crippen LogP contribution in [-0.4, -0.2) is 28.7 Å². The molecule has 0 N–H and O–H groups in total. The SMILES string of the molecule is CC(C)(C)c1cc(C(C)(C)C)c2c(c1)c1ccccc1n2-c1nc(-n2c3ccccc3c3cc(C(C)(C)C)cc(C(C)(C)C)c32)nc(-n2c3ccccc3c3cc(C(C)(C)C)cc(C(C)(C)C)c32)n1. The predicted octanol–water partition coefficient (Wildman–Crippen LogP) is 16.9. The summed E-state index contributed by atoms with van der Waals surface area (Å²) in [6.45, 7) is 41.8. The molecule has 4 heterocycles. The molecule has 0 saturated carbocycles. The smallest absolute Gasteiger partial charge is 0.241 e. The lowest BCUT2D eigenvalue weighted by Crippen LogP contribution is -2.20. The molecule has 0 unspecified atom stereocenters. The molecular weight excluding hydrogens is 841 g/mol. The van der Waals surface area contributed by atoms with Gasteiger partial charge in [-0.05, 0) is 102 Å². The van der Waals surface area contributed by atoms with E-state index in [2.05, 4.69) is 248 Å². The zero-order valence-corrected chi connectivity index (χ0v) is 44.6. The number of rotatable bonds is 3. The summed E-state index contributed by atoms with van der Waals surface area (Å²) >= 11 is 0. The van der Waals surface area contributed by atoms with Crippen molar-refractivity contribution in [2.45, 2.75) is 157 Å². The van der Waals surface area contributed by atoms with Gasteiger partial charge in [-0.2, -0.15) is 15.0 Å². The summed E-state index contributed by atoms with van der Waals surface area (Å²) in [5, 5.41) is 7.14. The quantitative estimate of drug-likeness (QED) is 0.177. The Balaban J connectivity index is 1.45. The third-order valence-corrected chi connectivity index (χ3v) is 14.5. The van der Waals surface area contributed by atoms with Gasteiger partial charge >= 0.3 is 0 Å². The molecule has 4 aromatic heterocycles. The highest BCUT2D eigenvalue weighted by Crippen LogP contribution is 2.45. The van der Waals surface area contributed by atoms with Crippen molar-refractivity contribution < 1.29 is 0 Å². The van der Waals surface area contributed by atoms with Crippen LogP contribution in [-0.2, 0) is 32.5 Å². The average Bonchev–Trinajstić information content (AvgIpc) is 3.89. The maximum Gasteiger partial charge on any atom is 0.241 e. The van der Waals surface area contributed by atoms with Crippen LogP contribution in [0.5, 0.6) is 0 Å². The highest BCUT2D eigenvalue weighted by molar-refractivity contribution is 6.13. The fraction of sp³-hybridized carbons (Fsp3) is 0.381. The molecule has 6 heteroatoms. The van der Waals surface area contributed by atoms with E-state index in [9.17, 15) is 0 Å².